The van der Waals surface area contributed by atoms with Gasteiger partial charge in [0.05, 0.1) is 13.2 Å². The Morgan fingerprint density at radius 1 is 1.50 bits per heavy atom. The van der Waals surface area contributed by atoms with E-state index in [0.29, 0.717) is 6.61 Å². The normalized spacial score (nSPS) is 10.8. The first-order valence-corrected chi connectivity index (χ1v) is 2.75. The van der Waals surface area contributed by atoms with Crippen LogP contribution in [0.2, 0.25) is 0 Å². The average molecular weight is 116 g/mol. The fraction of sp³-hybridized carbons (Fsp3) is 0.667. The zero-order valence-electron chi connectivity index (χ0n) is 5.13. The lowest BCUT2D eigenvalue weighted by molar-refractivity contribution is 0.177. The monoisotopic (exact) mass is 116 g/mol. The Labute approximate surface area is 49.8 Å². The third-order valence-electron chi connectivity index (χ3n) is 0.690. The highest BCUT2D eigenvalue weighted by Crippen LogP contribution is 1.74. The number of hydrogen-bond acceptors (Lipinski definition) is 2. The van der Waals surface area contributed by atoms with E-state index in [-0.39, 0.29) is 6.61 Å². The minimum absolute atomic E-state index is 0.104. The van der Waals surface area contributed by atoms with Gasteiger partial charge in [0, 0.05) is 6.61 Å². The summed E-state index contributed by atoms with van der Waals surface area (Å²) in [5.74, 6) is 0. The van der Waals surface area contributed by atoms with E-state index in [1.807, 2.05) is 6.92 Å². The lowest BCUT2D eigenvalue weighted by atomic mass is 10.5. The standard InChI is InChI=1S/C6H12O2/c1-2-8-6-4-3-5-7/h3-4,7H,2,5-6H2,1H3/b4-3+. The molecular formula is C6H12O2. The number of aliphatic hydroxyl groups excluding tert-OH is 1. The molecule has 0 aromatic heterocycles. The van der Waals surface area contributed by atoms with Crippen molar-refractivity contribution in [1.29, 1.82) is 0 Å². The van der Waals surface area contributed by atoms with Gasteiger partial charge in [0.1, 0.15) is 0 Å². The van der Waals surface area contributed by atoms with Crippen LogP contribution in [0.1, 0.15) is 6.92 Å². The maximum Gasteiger partial charge on any atom is 0.0648 e. The lowest BCUT2D eigenvalue weighted by Gasteiger charge is -1.90. The third kappa shape index (κ3) is 5.66. The van der Waals surface area contributed by atoms with Crippen molar-refractivity contribution in [2.75, 3.05) is 19.8 Å². The molecule has 0 saturated heterocycles. The second kappa shape index (κ2) is 6.66. The zero-order valence-corrected chi connectivity index (χ0v) is 5.13. The van der Waals surface area contributed by atoms with Gasteiger partial charge in [0.25, 0.3) is 0 Å². The van der Waals surface area contributed by atoms with Gasteiger partial charge in [-0.05, 0) is 6.92 Å². The van der Waals surface area contributed by atoms with Gasteiger partial charge in [0.2, 0.25) is 0 Å². The highest BCUT2D eigenvalue weighted by atomic mass is 16.5. The molecule has 0 aliphatic heterocycles. The largest absolute Gasteiger partial charge is 0.392 e. The first kappa shape index (κ1) is 7.66. The molecule has 0 amide bonds. The molecular weight excluding hydrogens is 104 g/mol. The van der Waals surface area contributed by atoms with Crippen LogP contribution in [0.3, 0.4) is 0 Å². The SMILES string of the molecule is CCOC/C=C/CO. The maximum atomic E-state index is 8.22. The van der Waals surface area contributed by atoms with Crippen LogP contribution >= 0.6 is 0 Å². The van der Waals surface area contributed by atoms with Crippen molar-refractivity contribution in [2.24, 2.45) is 0 Å². The summed E-state index contributed by atoms with van der Waals surface area (Å²) < 4.78 is 4.94. The van der Waals surface area contributed by atoms with Crippen molar-refractivity contribution in [2.45, 2.75) is 6.92 Å². The van der Waals surface area contributed by atoms with Crippen molar-refractivity contribution < 1.29 is 9.84 Å². The average Bonchev–Trinajstić information content (AvgIpc) is 1.81. The molecule has 0 radical (unpaired) electrons. The summed E-state index contributed by atoms with van der Waals surface area (Å²) in [6, 6.07) is 0. The van der Waals surface area contributed by atoms with E-state index in [0.717, 1.165) is 6.61 Å². The van der Waals surface area contributed by atoms with Gasteiger partial charge >= 0.3 is 0 Å². The van der Waals surface area contributed by atoms with E-state index in [4.69, 9.17) is 9.84 Å². The molecule has 2 heteroatoms. The predicted molar refractivity (Wildman–Crippen MR) is 32.7 cm³/mol. The minimum Gasteiger partial charge on any atom is -0.392 e. The Balaban J connectivity index is 2.80. The van der Waals surface area contributed by atoms with Crippen molar-refractivity contribution in [3.63, 3.8) is 0 Å². The number of hydrogen-bond donors (Lipinski definition) is 1. The van der Waals surface area contributed by atoms with Gasteiger partial charge in [-0.15, -0.1) is 0 Å². The molecule has 0 aromatic rings. The van der Waals surface area contributed by atoms with Crippen molar-refractivity contribution >= 4 is 0 Å². The molecule has 0 rings (SSSR count). The summed E-state index contributed by atoms with van der Waals surface area (Å²) in [6.45, 7) is 3.38. The molecule has 0 heterocycles. The van der Waals surface area contributed by atoms with Crippen LogP contribution in [0.15, 0.2) is 12.2 Å². The lowest BCUT2D eigenvalue weighted by Crippen LogP contribution is -1.88. The summed E-state index contributed by atoms with van der Waals surface area (Å²) in [5, 5.41) is 8.22. The number of aliphatic hydroxyl groups is 1. The fourth-order valence-electron chi connectivity index (χ4n) is 0.328. The van der Waals surface area contributed by atoms with E-state index in [1.165, 1.54) is 0 Å². The zero-order chi connectivity index (χ0) is 6.24. The van der Waals surface area contributed by atoms with Crippen molar-refractivity contribution in [3.8, 4) is 0 Å². The Hall–Kier alpha value is -0.340. The first-order valence-electron chi connectivity index (χ1n) is 2.75. The molecule has 0 aliphatic rings. The summed E-state index contributed by atoms with van der Waals surface area (Å²) in [6.07, 6.45) is 3.46. The van der Waals surface area contributed by atoms with Crippen LogP contribution in [0.5, 0.6) is 0 Å². The first-order chi connectivity index (χ1) is 3.91. The second-order valence-electron chi connectivity index (χ2n) is 1.31. The Morgan fingerprint density at radius 2 is 2.25 bits per heavy atom. The molecule has 0 aromatic carbocycles. The summed E-state index contributed by atoms with van der Waals surface area (Å²) >= 11 is 0. The molecule has 48 valence electrons. The molecule has 2 nitrogen and oxygen atoms in total. The molecule has 0 spiro atoms. The highest BCUT2D eigenvalue weighted by molar-refractivity contribution is 4.79. The Kier molecular flexibility index (Phi) is 6.38. The van der Waals surface area contributed by atoms with Crippen LogP contribution in [-0.2, 0) is 4.74 Å². The molecule has 0 fully saturated rings. The smallest absolute Gasteiger partial charge is 0.0648 e. The van der Waals surface area contributed by atoms with Crippen LogP contribution in [-0.4, -0.2) is 24.9 Å². The molecule has 0 unspecified atom stereocenters. The van der Waals surface area contributed by atoms with E-state index in [9.17, 15) is 0 Å². The maximum absolute atomic E-state index is 8.22. The van der Waals surface area contributed by atoms with E-state index in [2.05, 4.69) is 0 Å². The van der Waals surface area contributed by atoms with Crippen LogP contribution in [0.25, 0.3) is 0 Å². The Morgan fingerprint density at radius 3 is 2.75 bits per heavy atom. The quantitative estimate of drug-likeness (QED) is 0.430. The van der Waals surface area contributed by atoms with E-state index < -0.39 is 0 Å². The van der Waals surface area contributed by atoms with Gasteiger partial charge in [-0.3, -0.25) is 0 Å². The fourth-order valence-corrected chi connectivity index (χ4v) is 0.328. The summed E-state index contributed by atoms with van der Waals surface area (Å²) in [4.78, 5) is 0. The second-order valence-corrected chi connectivity index (χ2v) is 1.31. The van der Waals surface area contributed by atoms with Crippen LogP contribution < -0.4 is 0 Å². The number of rotatable bonds is 4. The van der Waals surface area contributed by atoms with E-state index in [1.54, 1.807) is 12.2 Å². The van der Waals surface area contributed by atoms with E-state index >= 15 is 0 Å². The Bertz CT molecular complexity index is 59.5. The van der Waals surface area contributed by atoms with Gasteiger partial charge < -0.3 is 9.84 Å². The van der Waals surface area contributed by atoms with Crippen molar-refractivity contribution in [1.82, 2.24) is 0 Å². The summed E-state index contributed by atoms with van der Waals surface area (Å²) in [5.41, 5.74) is 0. The van der Waals surface area contributed by atoms with Crippen molar-refractivity contribution in [3.05, 3.63) is 12.2 Å². The topological polar surface area (TPSA) is 29.5 Å². The highest BCUT2D eigenvalue weighted by Gasteiger charge is 1.72. The molecule has 0 saturated carbocycles. The van der Waals surface area contributed by atoms with Crippen LogP contribution in [0, 0.1) is 0 Å². The predicted octanol–water partition coefficient (Wildman–Crippen LogP) is 0.571. The minimum atomic E-state index is 0.104. The van der Waals surface area contributed by atoms with Gasteiger partial charge in [-0.2, -0.15) is 0 Å². The van der Waals surface area contributed by atoms with Gasteiger partial charge in [-0.1, -0.05) is 12.2 Å². The molecule has 1 N–H and O–H groups in total. The van der Waals surface area contributed by atoms with Gasteiger partial charge in [-0.25, -0.2) is 0 Å². The molecule has 0 aliphatic carbocycles. The molecule has 0 atom stereocenters. The molecule has 8 heavy (non-hydrogen) atoms. The van der Waals surface area contributed by atoms with Gasteiger partial charge in [0.15, 0.2) is 0 Å². The number of ether oxygens (including phenoxy) is 1. The van der Waals surface area contributed by atoms with Crippen LogP contribution in [0.4, 0.5) is 0 Å². The third-order valence-corrected chi connectivity index (χ3v) is 0.690. The summed E-state index contributed by atoms with van der Waals surface area (Å²) in [7, 11) is 0. The molecule has 0 bridgehead atoms.